The number of nitrogens with one attached hydrogen (secondary N) is 1. The van der Waals surface area contributed by atoms with Crippen LogP contribution in [-0.4, -0.2) is 16.0 Å². The Kier molecular flexibility index (Phi) is 4.18. The number of rotatable bonds is 4. The first-order chi connectivity index (χ1) is 8.67. The molecule has 0 bridgehead atoms. The standard InChI is InChI=1S/C12H12N4S2/c1-8-5-9(2)7-10(6-8)14-11-15-16-12(18-11)17-4-3-13/h5-7H,4H2,1-2H3,(H,14,15). The van der Waals surface area contributed by atoms with Crippen LogP contribution in [0.4, 0.5) is 10.8 Å². The van der Waals surface area contributed by atoms with E-state index in [0.717, 1.165) is 15.2 Å². The normalized spacial score (nSPS) is 10.1. The second-order valence-corrected chi connectivity index (χ2v) is 6.02. The number of hydrogen-bond acceptors (Lipinski definition) is 6. The zero-order valence-electron chi connectivity index (χ0n) is 10.1. The summed E-state index contributed by atoms with van der Waals surface area (Å²) in [7, 11) is 0. The summed E-state index contributed by atoms with van der Waals surface area (Å²) in [6.45, 7) is 4.12. The third-order valence-electron chi connectivity index (χ3n) is 2.14. The molecule has 0 fully saturated rings. The van der Waals surface area contributed by atoms with E-state index in [4.69, 9.17) is 5.26 Å². The zero-order chi connectivity index (χ0) is 13.0. The van der Waals surface area contributed by atoms with Crippen molar-refractivity contribution in [3.05, 3.63) is 29.3 Å². The van der Waals surface area contributed by atoms with Crippen LogP contribution in [0.2, 0.25) is 0 Å². The van der Waals surface area contributed by atoms with Gasteiger partial charge in [0.15, 0.2) is 4.34 Å². The first-order valence-corrected chi connectivity index (χ1v) is 7.16. The van der Waals surface area contributed by atoms with Crippen LogP contribution in [0.3, 0.4) is 0 Å². The highest BCUT2D eigenvalue weighted by molar-refractivity contribution is 8.01. The molecule has 0 saturated carbocycles. The molecule has 92 valence electrons. The van der Waals surface area contributed by atoms with Gasteiger partial charge in [-0.15, -0.1) is 10.2 Å². The molecule has 0 atom stereocenters. The fraction of sp³-hybridized carbons (Fsp3) is 0.250. The maximum atomic E-state index is 8.50. The van der Waals surface area contributed by atoms with Crippen LogP contribution in [0.15, 0.2) is 22.5 Å². The first kappa shape index (κ1) is 12.9. The van der Waals surface area contributed by atoms with Crippen LogP contribution >= 0.6 is 23.1 Å². The summed E-state index contributed by atoms with van der Waals surface area (Å²) in [6.07, 6.45) is 0. The van der Waals surface area contributed by atoms with Gasteiger partial charge in [0.2, 0.25) is 5.13 Å². The summed E-state index contributed by atoms with van der Waals surface area (Å²) < 4.78 is 0.809. The quantitative estimate of drug-likeness (QED) is 0.866. The fourth-order valence-electron chi connectivity index (χ4n) is 1.58. The van der Waals surface area contributed by atoms with Crippen molar-refractivity contribution in [3.8, 4) is 6.07 Å². The van der Waals surface area contributed by atoms with Crippen LogP contribution in [0.1, 0.15) is 11.1 Å². The molecule has 1 aromatic heterocycles. The summed E-state index contributed by atoms with van der Waals surface area (Å²) in [5, 5.41) is 20.5. The second-order valence-electron chi connectivity index (χ2n) is 3.82. The van der Waals surface area contributed by atoms with Gasteiger partial charge in [-0.3, -0.25) is 0 Å². The number of benzene rings is 1. The molecule has 0 aliphatic rings. The van der Waals surface area contributed by atoms with Crippen LogP contribution in [0.25, 0.3) is 0 Å². The van der Waals surface area contributed by atoms with E-state index in [1.165, 1.54) is 34.2 Å². The molecule has 0 aliphatic heterocycles. The predicted molar refractivity (Wildman–Crippen MR) is 75.4 cm³/mol. The van der Waals surface area contributed by atoms with Gasteiger partial charge in [0.1, 0.15) is 0 Å². The first-order valence-electron chi connectivity index (χ1n) is 5.36. The molecule has 1 N–H and O–H groups in total. The van der Waals surface area contributed by atoms with Crippen LogP contribution < -0.4 is 5.32 Å². The molecule has 4 nitrogen and oxygen atoms in total. The van der Waals surface area contributed by atoms with Crippen molar-refractivity contribution in [3.63, 3.8) is 0 Å². The average Bonchev–Trinajstić information content (AvgIpc) is 2.72. The van der Waals surface area contributed by atoms with Gasteiger partial charge in [-0.1, -0.05) is 29.2 Å². The average molecular weight is 276 g/mol. The lowest BCUT2D eigenvalue weighted by molar-refractivity contribution is 1.01. The van der Waals surface area contributed by atoms with E-state index < -0.39 is 0 Å². The lowest BCUT2D eigenvalue weighted by Gasteiger charge is -2.04. The highest BCUT2D eigenvalue weighted by Gasteiger charge is 2.05. The van der Waals surface area contributed by atoms with Gasteiger partial charge >= 0.3 is 0 Å². The summed E-state index contributed by atoms with van der Waals surface area (Å²) in [5.74, 6) is 0.401. The molecule has 6 heteroatoms. The minimum Gasteiger partial charge on any atom is -0.330 e. The van der Waals surface area contributed by atoms with Crippen molar-refractivity contribution < 1.29 is 0 Å². The Morgan fingerprint density at radius 1 is 1.28 bits per heavy atom. The molecule has 0 unspecified atom stereocenters. The van der Waals surface area contributed by atoms with E-state index in [9.17, 15) is 0 Å². The SMILES string of the molecule is Cc1cc(C)cc(Nc2nnc(SCC#N)s2)c1. The molecular weight excluding hydrogens is 264 g/mol. The van der Waals surface area contributed by atoms with Crippen molar-refractivity contribution in [1.29, 1.82) is 5.26 Å². The molecule has 0 aliphatic carbocycles. The Balaban J connectivity index is 2.09. The summed E-state index contributed by atoms with van der Waals surface area (Å²) in [6, 6.07) is 8.33. The molecule has 2 aromatic rings. The van der Waals surface area contributed by atoms with Gasteiger partial charge in [0.05, 0.1) is 11.8 Å². The number of nitriles is 1. The van der Waals surface area contributed by atoms with Gasteiger partial charge in [0.25, 0.3) is 0 Å². The fourth-order valence-corrected chi connectivity index (χ4v) is 3.02. The molecule has 18 heavy (non-hydrogen) atoms. The number of thioether (sulfide) groups is 1. The highest BCUT2D eigenvalue weighted by atomic mass is 32.2. The highest BCUT2D eigenvalue weighted by Crippen LogP contribution is 2.27. The summed E-state index contributed by atoms with van der Waals surface area (Å²) >= 11 is 2.86. The molecule has 1 heterocycles. The number of aromatic nitrogens is 2. The van der Waals surface area contributed by atoms with E-state index in [0.29, 0.717) is 5.75 Å². The van der Waals surface area contributed by atoms with Crippen LogP contribution in [-0.2, 0) is 0 Å². The lowest BCUT2D eigenvalue weighted by Crippen LogP contribution is -1.91. The van der Waals surface area contributed by atoms with Crippen molar-refractivity contribution in [2.24, 2.45) is 0 Å². The smallest absolute Gasteiger partial charge is 0.210 e. The molecule has 0 saturated heterocycles. The molecule has 1 aromatic carbocycles. The summed E-state index contributed by atoms with van der Waals surface area (Å²) in [4.78, 5) is 0. The Bertz CT molecular complexity index is 566. The van der Waals surface area contributed by atoms with Crippen LogP contribution in [0.5, 0.6) is 0 Å². The number of aryl methyl sites for hydroxylation is 2. The van der Waals surface area contributed by atoms with Crippen molar-refractivity contribution >= 4 is 33.9 Å². The van der Waals surface area contributed by atoms with Crippen molar-refractivity contribution in [2.45, 2.75) is 18.2 Å². The van der Waals surface area contributed by atoms with E-state index >= 15 is 0 Å². The predicted octanol–water partition coefficient (Wildman–Crippen LogP) is 3.51. The van der Waals surface area contributed by atoms with E-state index in [1.807, 2.05) is 0 Å². The molecule has 0 amide bonds. The maximum absolute atomic E-state index is 8.50. The molecule has 0 radical (unpaired) electrons. The topological polar surface area (TPSA) is 61.6 Å². The van der Waals surface area contributed by atoms with Gasteiger partial charge < -0.3 is 5.32 Å². The Hall–Kier alpha value is -1.58. The Morgan fingerprint density at radius 2 is 2.00 bits per heavy atom. The minimum atomic E-state index is 0.401. The van der Waals surface area contributed by atoms with E-state index in [-0.39, 0.29) is 0 Å². The largest absolute Gasteiger partial charge is 0.330 e. The van der Waals surface area contributed by atoms with Crippen molar-refractivity contribution in [2.75, 3.05) is 11.1 Å². The third kappa shape index (κ3) is 3.45. The van der Waals surface area contributed by atoms with E-state index in [1.54, 1.807) is 0 Å². The molecule has 0 spiro atoms. The Morgan fingerprint density at radius 3 is 2.67 bits per heavy atom. The zero-order valence-corrected chi connectivity index (χ0v) is 11.7. The molecular formula is C12H12N4S2. The monoisotopic (exact) mass is 276 g/mol. The van der Waals surface area contributed by atoms with E-state index in [2.05, 4.69) is 53.6 Å². The number of hydrogen-bond donors (Lipinski definition) is 1. The number of anilines is 2. The lowest BCUT2D eigenvalue weighted by atomic mass is 10.1. The van der Waals surface area contributed by atoms with Crippen LogP contribution in [0, 0.1) is 25.2 Å². The molecule has 2 rings (SSSR count). The Labute approximate surface area is 114 Å². The van der Waals surface area contributed by atoms with Gasteiger partial charge in [0, 0.05) is 5.69 Å². The maximum Gasteiger partial charge on any atom is 0.210 e. The van der Waals surface area contributed by atoms with Gasteiger partial charge in [-0.05, 0) is 37.1 Å². The third-order valence-corrected chi connectivity index (χ3v) is 3.98. The van der Waals surface area contributed by atoms with Crippen molar-refractivity contribution in [1.82, 2.24) is 10.2 Å². The van der Waals surface area contributed by atoms with Gasteiger partial charge in [-0.25, -0.2) is 0 Å². The minimum absolute atomic E-state index is 0.401. The number of nitrogens with zero attached hydrogens (tertiary/aromatic N) is 3. The summed E-state index contributed by atoms with van der Waals surface area (Å²) in [5.41, 5.74) is 3.43. The second kappa shape index (κ2) is 5.85. The van der Waals surface area contributed by atoms with Gasteiger partial charge in [-0.2, -0.15) is 5.26 Å².